The number of hydrogen-bond acceptors (Lipinski definition) is 6. The Kier molecular flexibility index (Phi) is 3.76. The molecule has 0 aliphatic carbocycles. The van der Waals surface area contributed by atoms with E-state index in [1.807, 2.05) is 24.3 Å². The Morgan fingerprint density at radius 2 is 1.96 bits per heavy atom. The number of carbonyl (C=O) groups excluding carboxylic acids is 1. The Morgan fingerprint density at radius 1 is 1.17 bits per heavy atom. The van der Waals surface area contributed by atoms with E-state index in [9.17, 15) is 9.59 Å². The molecule has 116 valence electrons. The average Bonchev–Trinajstić information content (AvgIpc) is 2.60. The van der Waals surface area contributed by atoms with Gasteiger partial charge in [-0.2, -0.15) is 5.10 Å². The van der Waals surface area contributed by atoms with Gasteiger partial charge in [0.1, 0.15) is 5.69 Å². The summed E-state index contributed by atoms with van der Waals surface area (Å²) < 4.78 is 9.74. The molecule has 0 bridgehead atoms. The highest BCUT2D eigenvalue weighted by Gasteiger charge is 2.21. The average molecular weight is 311 g/mol. The number of pyridine rings is 1. The summed E-state index contributed by atoms with van der Waals surface area (Å²) in [7, 11) is 2.53. The normalized spacial score (nSPS) is 10.5. The van der Waals surface area contributed by atoms with Crippen molar-refractivity contribution in [3.63, 3.8) is 0 Å². The third kappa shape index (κ3) is 2.42. The molecule has 3 aromatic rings. The van der Waals surface area contributed by atoms with Gasteiger partial charge in [0.05, 0.1) is 19.7 Å². The maximum Gasteiger partial charge on any atom is 0.362 e. The highest BCUT2D eigenvalue weighted by atomic mass is 16.5. The largest absolute Gasteiger partial charge is 0.491 e. The molecule has 7 nitrogen and oxygen atoms in total. The monoisotopic (exact) mass is 311 g/mol. The second kappa shape index (κ2) is 5.88. The molecule has 1 aromatic carbocycles. The fraction of sp³-hybridized carbons (Fsp3) is 0.125. The Hall–Kier alpha value is -3.22. The number of carbonyl (C=O) groups is 1. The highest BCUT2D eigenvalue weighted by molar-refractivity contribution is 5.94. The summed E-state index contributed by atoms with van der Waals surface area (Å²) in [5, 5.41) is 7.43. The predicted octanol–water partition coefficient (Wildman–Crippen LogP) is 1.78. The zero-order chi connectivity index (χ0) is 16.4. The third-order valence-corrected chi connectivity index (χ3v) is 3.41. The smallest absolute Gasteiger partial charge is 0.362 e. The number of fused-ring (bicyclic) bond motifs is 1. The van der Waals surface area contributed by atoms with E-state index in [1.54, 1.807) is 12.3 Å². The van der Waals surface area contributed by atoms with Crippen LogP contribution in [0.4, 0.5) is 0 Å². The number of aromatic amines is 1. The minimum absolute atomic E-state index is 0.0152. The van der Waals surface area contributed by atoms with Crippen LogP contribution < -0.4 is 10.2 Å². The van der Waals surface area contributed by atoms with Crippen LogP contribution in [0.3, 0.4) is 0 Å². The maximum atomic E-state index is 12.4. The predicted molar refractivity (Wildman–Crippen MR) is 83.5 cm³/mol. The Morgan fingerprint density at radius 3 is 2.70 bits per heavy atom. The zero-order valence-corrected chi connectivity index (χ0v) is 12.5. The van der Waals surface area contributed by atoms with Gasteiger partial charge in [0.15, 0.2) is 5.75 Å². The second-order valence-electron chi connectivity index (χ2n) is 4.68. The fourth-order valence-electron chi connectivity index (χ4n) is 2.35. The van der Waals surface area contributed by atoms with Crippen molar-refractivity contribution in [2.45, 2.75) is 0 Å². The lowest BCUT2D eigenvalue weighted by molar-refractivity contribution is 0.0590. The van der Waals surface area contributed by atoms with E-state index in [-0.39, 0.29) is 11.4 Å². The Bertz CT molecular complexity index is 944. The van der Waals surface area contributed by atoms with Crippen LogP contribution in [0.1, 0.15) is 10.5 Å². The molecule has 2 aromatic heterocycles. The summed E-state index contributed by atoms with van der Waals surface area (Å²) in [5.74, 6) is -0.842. The van der Waals surface area contributed by atoms with Gasteiger partial charge in [0.25, 0.3) is 5.43 Å². The molecule has 0 atom stereocenters. The van der Waals surface area contributed by atoms with Crippen LogP contribution in [-0.2, 0) is 4.74 Å². The topological polar surface area (TPSA) is 94.2 Å². The molecule has 1 N–H and O–H groups in total. The number of rotatable bonds is 3. The summed E-state index contributed by atoms with van der Waals surface area (Å²) in [6, 6.07) is 9.28. The molecular weight excluding hydrogens is 298 g/mol. The first-order valence-electron chi connectivity index (χ1n) is 6.76. The van der Waals surface area contributed by atoms with Crippen molar-refractivity contribution in [1.29, 1.82) is 0 Å². The number of hydrogen-bond donors (Lipinski definition) is 1. The van der Waals surface area contributed by atoms with E-state index in [4.69, 9.17) is 4.74 Å². The number of para-hydroxylation sites is 1. The van der Waals surface area contributed by atoms with Crippen LogP contribution in [0.15, 0.2) is 41.3 Å². The van der Waals surface area contributed by atoms with Gasteiger partial charge in [0, 0.05) is 17.1 Å². The number of methoxy groups -OCH3 is 2. The van der Waals surface area contributed by atoms with Crippen molar-refractivity contribution in [3.8, 4) is 17.0 Å². The molecule has 0 fully saturated rings. The van der Waals surface area contributed by atoms with E-state index >= 15 is 0 Å². The van der Waals surface area contributed by atoms with E-state index in [1.165, 1.54) is 14.2 Å². The van der Waals surface area contributed by atoms with Crippen LogP contribution in [0.2, 0.25) is 0 Å². The number of nitrogens with zero attached hydrogens (tertiary/aromatic N) is 2. The molecule has 23 heavy (non-hydrogen) atoms. The molecule has 2 heterocycles. The third-order valence-electron chi connectivity index (χ3n) is 3.41. The summed E-state index contributed by atoms with van der Waals surface area (Å²) in [5.41, 5.74) is 0.703. The maximum absolute atomic E-state index is 12.4. The number of aromatic nitrogens is 3. The van der Waals surface area contributed by atoms with Crippen molar-refractivity contribution in [1.82, 2.24) is 15.2 Å². The molecule has 0 saturated heterocycles. The van der Waals surface area contributed by atoms with Gasteiger partial charge < -0.3 is 9.47 Å². The molecule has 0 aliphatic heterocycles. The highest BCUT2D eigenvalue weighted by Crippen LogP contribution is 2.29. The molecule has 7 heteroatoms. The van der Waals surface area contributed by atoms with Crippen molar-refractivity contribution in [2.75, 3.05) is 14.2 Å². The first-order chi connectivity index (χ1) is 11.2. The molecule has 0 saturated carbocycles. The van der Waals surface area contributed by atoms with Crippen LogP contribution in [0.5, 0.6) is 5.75 Å². The van der Waals surface area contributed by atoms with E-state index < -0.39 is 11.4 Å². The molecule has 0 amide bonds. The lowest BCUT2D eigenvalue weighted by Gasteiger charge is -2.10. The van der Waals surface area contributed by atoms with Gasteiger partial charge >= 0.3 is 5.97 Å². The van der Waals surface area contributed by atoms with Gasteiger partial charge in [0.2, 0.25) is 5.69 Å². The number of esters is 1. The molecule has 3 rings (SSSR count). The zero-order valence-electron chi connectivity index (χ0n) is 12.5. The standard InChI is InChI=1S/C16H13N3O4/c1-22-15-12(18-19-13(14(15)20)16(21)23-2)10-7-3-5-9-6-4-8-17-11(9)10/h3-8H,1-2H3,(H,18,20). The van der Waals surface area contributed by atoms with Gasteiger partial charge in [-0.25, -0.2) is 4.79 Å². The quantitative estimate of drug-likeness (QED) is 0.741. The summed E-state index contributed by atoms with van der Waals surface area (Å²) >= 11 is 0. The van der Waals surface area contributed by atoms with Crippen LogP contribution >= 0.6 is 0 Å². The molecule has 0 aliphatic rings. The van der Waals surface area contributed by atoms with E-state index in [0.29, 0.717) is 16.8 Å². The van der Waals surface area contributed by atoms with Crippen LogP contribution in [0, 0.1) is 0 Å². The number of ether oxygens (including phenoxy) is 2. The minimum atomic E-state index is -0.827. The minimum Gasteiger partial charge on any atom is -0.491 e. The van der Waals surface area contributed by atoms with Crippen LogP contribution in [0.25, 0.3) is 22.2 Å². The summed E-state index contributed by atoms with van der Waals surface area (Å²) in [6.45, 7) is 0. The van der Waals surface area contributed by atoms with Gasteiger partial charge in [-0.3, -0.25) is 14.9 Å². The lowest BCUT2D eigenvalue weighted by atomic mass is 10.1. The Balaban J connectivity index is 2.30. The molecular formula is C16H13N3O4. The molecule has 0 spiro atoms. The number of nitrogens with one attached hydrogen (secondary N) is 1. The van der Waals surface area contributed by atoms with Gasteiger partial charge in [-0.1, -0.05) is 24.3 Å². The summed E-state index contributed by atoms with van der Waals surface area (Å²) in [4.78, 5) is 28.3. The van der Waals surface area contributed by atoms with Gasteiger partial charge in [-0.15, -0.1) is 0 Å². The van der Waals surface area contributed by atoms with Gasteiger partial charge in [-0.05, 0) is 6.07 Å². The van der Waals surface area contributed by atoms with E-state index in [2.05, 4.69) is 19.9 Å². The number of H-pyrrole nitrogens is 1. The number of benzene rings is 1. The lowest BCUT2D eigenvalue weighted by Crippen LogP contribution is -2.22. The Labute approximate surface area is 130 Å². The van der Waals surface area contributed by atoms with E-state index in [0.717, 1.165) is 5.39 Å². The molecule has 0 unspecified atom stereocenters. The SMILES string of the molecule is COC(=O)c1n[nH]c(-c2cccc3cccnc23)c(OC)c1=O. The first kappa shape index (κ1) is 14.7. The second-order valence-corrected chi connectivity index (χ2v) is 4.68. The van der Waals surface area contributed by atoms with Crippen molar-refractivity contribution < 1.29 is 14.3 Å². The molecule has 0 radical (unpaired) electrons. The first-order valence-corrected chi connectivity index (χ1v) is 6.76. The van der Waals surface area contributed by atoms with Crippen molar-refractivity contribution >= 4 is 16.9 Å². The van der Waals surface area contributed by atoms with Crippen molar-refractivity contribution in [3.05, 3.63) is 52.4 Å². The van der Waals surface area contributed by atoms with Crippen LogP contribution in [-0.4, -0.2) is 35.4 Å². The van der Waals surface area contributed by atoms with Crippen molar-refractivity contribution in [2.24, 2.45) is 0 Å². The fourth-order valence-corrected chi connectivity index (χ4v) is 2.35. The summed E-state index contributed by atoms with van der Waals surface area (Å²) in [6.07, 6.45) is 1.66.